The van der Waals surface area contributed by atoms with E-state index in [1.54, 1.807) is 18.2 Å². The van der Waals surface area contributed by atoms with Crippen LogP contribution in [-0.4, -0.2) is 29.8 Å². The maximum Gasteiger partial charge on any atom is 0.254 e. The first-order valence-electron chi connectivity index (χ1n) is 8.56. The van der Waals surface area contributed by atoms with Crippen LogP contribution in [0.5, 0.6) is 0 Å². The van der Waals surface area contributed by atoms with Crippen molar-refractivity contribution in [2.75, 3.05) is 18.4 Å². The molecule has 4 nitrogen and oxygen atoms in total. The number of nitrogens with one attached hydrogen (secondary N) is 1. The molecule has 1 heterocycles. The lowest BCUT2D eigenvalue weighted by Gasteiger charge is -2.31. The summed E-state index contributed by atoms with van der Waals surface area (Å²) in [6, 6.07) is 12.5. The molecule has 0 bridgehead atoms. The third-order valence-corrected chi connectivity index (χ3v) is 5.09. The minimum atomic E-state index is -0.131. The van der Waals surface area contributed by atoms with E-state index in [2.05, 4.69) is 5.32 Å². The Morgan fingerprint density at radius 3 is 2.27 bits per heavy atom. The second-order valence-electron chi connectivity index (χ2n) is 6.53. The van der Waals surface area contributed by atoms with Crippen LogP contribution in [0, 0.1) is 12.8 Å². The zero-order valence-electron chi connectivity index (χ0n) is 14.5. The van der Waals surface area contributed by atoms with Gasteiger partial charge in [0.1, 0.15) is 0 Å². The fourth-order valence-corrected chi connectivity index (χ4v) is 3.72. The van der Waals surface area contributed by atoms with Gasteiger partial charge in [0.15, 0.2) is 0 Å². The first-order valence-corrected chi connectivity index (χ1v) is 9.31. The normalized spacial score (nSPS) is 15.0. The van der Waals surface area contributed by atoms with Gasteiger partial charge in [-0.25, -0.2) is 0 Å². The average Bonchev–Trinajstić information content (AvgIpc) is 2.61. The molecule has 0 aromatic heterocycles. The molecule has 0 saturated carbocycles. The molecule has 6 heteroatoms. The Kier molecular flexibility index (Phi) is 5.84. The molecule has 3 rings (SSSR count). The summed E-state index contributed by atoms with van der Waals surface area (Å²) >= 11 is 11.9. The van der Waals surface area contributed by atoms with Crippen molar-refractivity contribution in [3.63, 3.8) is 0 Å². The molecule has 1 aliphatic rings. The third-order valence-electron chi connectivity index (χ3n) is 4.66. The Morgan fingerprint density at radius 1 is 1.04 bits per heavy atom. The zero-order valence-corrected chi connectivity index (χ0v) is 16.0. The lowest BCUT2D eigenvalue weighted by atomic mass is 9.95. The van der Waals surface area contributed by atoms with Crippen LogP contribution in [0.4, 0.5) is 5.69 Å². The van der Waals surface area contributed by atoms with Gasteiger partial charge in [0, 0.05) is 40.3 Å². The molecule has 2 aromatic rings. The number of likely N-dealkylation sites (tertiary alicyclic amines) is 1. The molecule has 136 valence electrons. The molecule has 26 heavy (non-hydrogen) atoms. The van der Waals surface area contributed by atoms with Crippen LogP contribution in [0.2, 0.25) is 10.0 Å². The van der Waals surface area contributed by atoms with E-state index in [0.717, 1.165) is 11.1 Å². The predicted molar refractivity (Wildman–Crippen MR) is 105 cm³/mol. The Labute approximate surface area is 163 Å². The number of hydrogen-bond donors (Lipinski definition) is 1. The molecular weight excluding hydrogens is 371 g/mol. The summed E-state index contributed by atoms with van der Waals surface area (Å²) in [6.07, 6.45) is 1.27. The molecule has 0 atom stereocenters. The van der Waals surface area contributed by atoms with Gasteiger partial charge < -0.3 is 10.2 Å². The molecule has 0 unspecified atom stereocenters. The Hall–Kier alpha value is -2.04. The smallest absolute Gasteiger partial charge is 0.254 e. The van der Waals surface area contributed by atoms with E-state index >= 15 is 0 Å². The Morgan fingerprint density at radius 2 is 1.65 bits per heavy atom. The molecule has 0 radical (unpaired) electrons. The largest absolute Gasteiger partial charge is 0.339 e. The summed E-state index contributed by atoms with van der Waals surface area (Å²) in [7, 11) is 0. The van der Waals surface area contributed by atoms with Gasteiger partial charge >= 0.3 is 0 Å². The number of benzene rings is 2. The SMILES string of the molecule is Cc1ccccc1C(=O)N1CCC(C(=O)Nc2cc(Cl)cc(Cl)c2)CC1. The molecular formula is C20H20Cl2N2O2. The average molecular weight is 391 g/mol. The first kappa shape index (κ1) is 18.7. The fraction of sp³-hybridized carbons (Fsp3) is 0.300. The van der Waals surface area contributed by atoms with E-state index in [4.69, 9.17) is 23.2 Å². The molecule has 1 saturated heterocycles. The van der Waals surface area contributed by atoms with Crippen LogP contribution in [0.3, 0.4) is 0 Å². The van der Waals surface area contributed by atoms with Crippen LogP contribution in [-0.2, 0) is 4.79 Å². The van der Waals surface area contributed by atoms with Crippen LogP contribution >= 0.6 is 23.2 Å². The highest BCUT2D eigenvalue weighted by Gasteiger charge is 2.28. The summed E-state index contributed by atoms with van der Waals surface area (Å²) in [5.41, 5.74) is 2.28. The van der Waals surface area contributed by atoms with Crippen molar-refractivity contribution >= 4 is 40.7 Å². The second kappa shape index (κ2) is 8.11. The van der Waals surface area contributed by atoms with E-state index in [0.29, 0.717) is 41.7 Å². The molecule has 2 aromatic carbocycles. The summed E-state index contributed by atoms with van der Waals surface area (Å²) in [4.78, 5) is 27.0. The van der Waals surface area contributed by atoms with E-state index in [1.807, 2.05) is 36.1 Å². The van der Waals surface area contributed by atoms with E-state index < -0.39 is 0 Å². The molecule has 1 aliphatic heterocycles. The quantitative estimate of drug-likeness (QED) is 0.818. The van der Waals surface area contributed by atoms with Crippen LogP contribution < -0.4 is 5.32 Å². The molecule has 1 N–H and O–H groups in total. The number of halogens is 2. The standard InChI is InChI=1S/C20H20Cl2N2O2/c1-13-4-2-3-5-18(13)20(26)24-8-6-14(7-9-24)19(25)23-17-11-15(21)10-16(22)12-17/h2-5,10-12,14H,6-9H2,1H3,(H,23,25). The van der Waals surface area contributed by atoms with Gasteiger partial charge in [-0.2, -0.15) is 0 Å². The van der Waals surface area contributed by atoms with Crippen molar-refractivity contribution in [3.8, 4) is 0 Å². The van der Waals surface area contributed by atoms with Crippen molar-refractivity contribution in [3.05, 3.63) is 63.6 Å². The van der Waals surface area contributed by atoms with Crippen molar-refractivity contribution in [2.45, 2.75) is 19.8 Å². The first-order chi connectivity index (χ1) is 12.4. The lowest BCUT2D eigenvalue weighted by Crippen LogP contribution is -2.41. The van der Waals surface area contributed by atoms with Gasteiger partial charge in [0.2, 0.25) is 5.91 Å². The van der Waals surface area contributed by atoms with Crippen molar-refractivity contribution in [1.82, 2.24) is 4.90 Å². The minimum Gasteiger partial charge on any atom is -0.339 e. The van der Waals surface area contributed by atoms with Gasteiger partial charge in [-0.05, 0) is 49.6 Å². The summed E-state index contributed by atoms with van der Waals surface area (Å²) in [5.74, 6) is -0.163. The molecule has 1 fully saturated rings. The number of anilines is 1. The van der Waals surface area contributed by atoms with Crippen LogP contribution in [0.25, 0.3) is 0 Å². The topological polar surface area (TPSA) is 49.4 Å². The van der Waals surface area contributed by atoms with Gasteiger partial charge in [-0.15, -0.1) is 0 Å². The van der Waals surface area contributed by atoms with Gasteiger partial charge in [-0.3, -0.25) is 9.59 Å². The number of hydrogen-bond acceptors (Lipinski definition) is 2. The van der Waals surface area contributed by atoms with Crippen LogP contribution in [0.15, 0.2) is 42.5 Å². The highest BCUT2D eigenvalue weighted by molar-refractivity contribution is 6.35. The van der Waals surface area contributed by atoms with Gasteiger partial charge in [0.05, 0.1) is 0 Å². The predicted octanol–water partition coefficient (Wildman–Crippen LogP) is 4.79. The number of rotatable bonds is 3. The van der Waals surface area contributed by atoms with Gasteiger partial charge in [-0.1, -0.05) is 41.4 Å². The monoisotopic (exact) mass is 390 g/mol. The number of carbonyl (C=O) groups is 2. The highest BCUT2D eigenvalue weighted by atomic mass is 35.5. The zero-order chi connectivity index (χ0) is 18.7. The number of aryl methyl sites for hydroxylation is 1. The Balaban J connectivity index is 1.58. The number of carbonyl (C=O) groups excluding carboxylic acids is 2. The molecule has 2 amide bonds. The van der Waals surface area contributed by atoms with Gasteiger partial charge in [0.25, 0.3) is 5.91 Å². The molecule has 0 aliphatic carbocycles. The van der Waals surface area contributed by atoms with Crippen molar-refractivity contribution in [1.29, 1.82) is 0 Å². The van der Waals surface area contributed by atoms with E-state index in [-0.39, 0.29) is 17.7 Å². The number of piperidine rings is 1. The van der Waals surface area contributed by atoms with E-state index in [9.17, 15) is 9.59 Å². The number of nitrogens with zero attached hydrogens (tertiary/aromatic N) is 1. The molecule has 0 spiro atoms. The summed E-state index contributed by atoms with van der Waals surface area (Å²) in [5, 5.41) is 3.82. The minimum absolute atomic E-state index is 0.0311. The fourth-order valence-electron chi connectivity index (χ4n) is 3.20. The third kappa shape index (κ3) is 4.37. The van der Waals surface area contributed by atoms with Crippen molar-refractivity contribution in [2.24, 2.45) is 5.92 Å². The number of amides is 2. The van der Waals surface area contributed by atoms with Crippen LogP contribution in [0.1, 0.15) is 28.8 Å². The van der Waals surface area contributed by atoms with Crippen molar-refractivity contribution < 1.29 is 9.59 Å². The maximum atomic E-state index is 12.7. The summed E-state index contributed by atoms with van der Waals surface area (Å²) in [6.45, 7) is 3.08. The summed E-state index contributed by atoms with van der Waals surface area (Å²) < 4.78 is 0. The second-order valence-corrected chi connectivity index (χ2v) is 7.40. The maximum absolute atomic E-state index is 12.7. The van der Waals surface area contributed by atoms with E-state index in [1.165, 1.54) is 0 Å². The Bertz CT molecular complexity index is 810. The lowest BCUT2D eigenvalue weighted by molar-refractivity contribution is -0.121. The highest BCUT2D eigenvalue weighted by Crippen LogP contribution is 2.25.